The van der Waals surface area contributed by atoms with Crippen LogP contribution in [0.5, 0.6) is 0 Å². The first kappa shape index (κ1) is 39.4. The van der Waals surface area contributed by atoms with Crippen LogP contribution < -0.4 is 0 Å². The smallest absolute Gasteiger partial charge is 0.197 e. The zero-order valence-corrected chi connectivity index (χ0v) is 37.0. The Labute approximate surface area is 379 Å². The van der Waals surface area contributed by atoms with Crippen LogP contribution in [0.1, 0.15) is 33.4 Å². The van der Waals surface area contributed by atoms with E-state index in [2.05, 4.69) is 200 Å². The van der Waals surface area contributed by atoms with Gasteiger partial charge in [0.2, 0.25) is 0 Å². The maximum Gasteiger partial charge on any atom is 0.197 e. The topological polar surface area (TPSA) is 38.0 Å². The fourth-order valence-corrected chi connectivity index (χ4v) is 10.3. The van der Waals surface area contributed by atoms with E-state index >= 15 is 0 Å². The van der Waals surface area contributed by atoms with E-state index in [0.717, 1.165) is 82.8 Å². The van der Waals surface area contributed by atoms with Crippen LogP contribution in [0.3, 0.4) is 0 Å². The minimum absolute atomic E-state index is 0.563. The lowest BCUT2D eigenvalue weighted by Crippen LogP contribution is -2.02. The van der Waals surface area contributed by atoms with Crippen molar-refractivity contribution in [1.29, 1.82) is 5.26 Å². The lowest BCUT2D eigenvalue weighted by molar-refractivity contribution is 1.16. The predicted octanol–water partition coefficient (Wildman–Crippen LogP) is 16.5. The van der Waals surface area contributed by atoms with Crippen LogP contribution in [0.2, 0.25) is 0 Å². The second kappa shape index (κ2) is 15.4. The van der Waals surface area contributed by atoms with Crippen LogP contribution in [0, 0.1) is 52.5 Å². The molecule has 0 saturated heterocycles. The largest absolute Gasteiger partial charge is 0.310 e. The summed E-state index contributed by atoms with van der Waals surface area (Å²) >= 11 is 0. The van der Waals surface area contributed by atoms with Gasteiger partial charge < -0.3 is 9.13 Å². The standard InChI is InChI=1S/C61H44N4/c1-37-26-38(2)29-46(28-37)43-19-23-57-51(33-43)49-12-7-9-15-55(49)64(57)59-25-21-45(48-22-18-42(36-62)32-41(48)5)35-53(59)61-54(63-6)14-11-17-60(61)65-56-16-10-8-13-50(56)52-34-44(20-24-58(52)65)47-30-39(3)27-40(4)31-47/h7-35H,1-5H3. The predicted molar refractivity (Wildman–Crippen MR) is 272 cm³/mol. The first-order chi connectivity index (χ1) is 31.7. The van der Waals surface area contributed by atoms with Gasteiger partial charge in [0, 0.05) is 32.8 Å². The molecular formula is C61H44N4. The van der Waals surface area contributed by atoms with Crippen molar-refractivity contribution in [2.45, 2.75) is 34.6 Å². The number of nitriles is 1. The molecule has 11 rings (SSSR count). The van der Waals surface area contributed by atoms with Crippen molar-refractivity contribution in [3.05, 3.63) is 221 Å². The summed E-state index contributed by atoms with van der Waals surface area (Å²) in [7, 11) is 0. The van der Waals surface area contributed by atoms with Gasteiger partial charge in [0.15, 0.2) is 5.69 Å². The first-order valence-corrected chi connectivity index (χ1v) is 22.1. The average Bonchev–Trinajstić information content (AvgIpc) is 3.82. The molecule has 2 aromatic heterocycles. The molecule has 65 heavy (non-hydrogen) atoms. The molecule has 308 valence electrons. The second-order valence-corrected chi connectivity index (χ2v) is 17.6. The molecule has 0 radical (unpaired) electrons. The third-order valence-corrected chi connectivity index (χ3v) is 13.0. The molecule has 4 heteroatoms. The highest BCUT2D eigenvalue weighted by molar-refractivity contribution is 6.13. The molecule has 0 N–H and O–H groups in total. The normalized spacial score (nSPS) is 11.4. The van der Waals surface area contributed by atoms with Crippen molar-refractivity contribution >= 4 is 49.3 Å². The Hall–Kier alpha value is -8.44. The van der Waals surface area contributed by atoms with Gasteiger partial charge in [-0.15, -0.1) is 0 Å². The molecule has 0 saturated carbocycles. The minimum Gasteiger partial charge on any atom is -0.310 e. The number of benzene rings is 9. The lowest BCUT2D eigenvalue weighted by Gasteiger charge is -2.21. The summed E-state index contributed by atoms with van der Waals surface area (Å²) in [5, 5.41) is 14.4. The monoisotopic (exact) mass is 832 g/mol. The highest BCUT2D eigenvalue weighted by atomic mass is 15.0. The quantitative estimate of drug-likeness (QED) is 0.154. The number of nitrogens with zero attached hydrogens (tertiary/aromatic N) is 4. The fourth-order valence-electron chi connectivity index (χ4n) is 10.3. The minimum atomic E-state index is 0.563. The molecule has 9 aromatic carbocycles. The summed E-state index contributed by atoms with van der Waals surface area (Å²) in [6.07, 6.45) is 0. The van der Waals surface area contributed by atoms with Gasteiger partial charge in [-0.3, -0.25) is 0 Å². The molecule has 0 bridgehead atoms. The van der Waals surface area contributed by atoms with Gasteiger partial charge in [-0.05, 0) is 146 Å². The van der Waals surface area contributed by atoms with Crippen LogP contribution >= 0.6 is 0 Å². The van der Waals surface area contributed by atoms with E-state index in [-0.39, 0.29) is 0 Å². The fraction of sp³-hybridized carbons (Fsp3) is 0.0820. The lowest BCUT2D eigenvalue weighted by atomic mass is 9.92. The highest BCUT2D eigenvalue weighted by Gasteiger charge is 2.24. The Morgan fingerprint density at radius 1 is 0.415 bits per heavy atom. The maximum atomic E-state index is 9.78. The first-order valence-electron chi connectivity index (χ1n) is 22.1. The van der Waals surface area contributed by atoms with Crippen molar-refractivity contribution in [2.75, 3.05) is 0 Å². The van der Waals surface area contributed by atoms with Crippen molar-refractivity contribution in [1.82, 2.24) is 9.13 Å². The van der Waals surface area contributed by atoms with Gasteiger partial charge in [0.05, 0.1) is 46.0 Å². The van der Waals surface area contributed by atoms with E-state index in [0.29, 0.717) is 11.3 Å². The Bertz CT molecular complexity index is 3820. The van der Waals surface area contributed by atoms with Gasteiger partial charge in [-0.25, -0.2) is 4.85 Å². The van der Waals surface area contributed by atoms with E-state index in [1.54, 1.807) is 0 Å². The molecule has 0 aliphatic heterocycles. The van der Waals surface area contributed by atoms with Crippen LogP contribution in [0.4, 0.5) is 5.69 Å². The summed E-state index contributed by atoms with van der Waals surface area (Å²) in [6, 6.07) is 65.4. The number of para-hydroxylation sites is 2. The number of hydrogen-bond donors (Lipinski definition) is 0. The molecule has 0 aliphatic carbocycles. The van der Waals surface area contributed by atoms with Gasteiger partial charge in [0.1, 0.15) is 0 Å². The number of aromatic nitrogens is 2. The van der Waals surface area contributed by atoms with E-state index in [1.807, 2.05) is 30.3 Å². The molecule has 2 heterocycles. The average molecular weight is 833 g/mol. The number of fused-ring (bicyclic) bond motifs is 6. The van der Waals surface area contributed by atoms with Crippen molar-refractivity contribution in [2.24, 2.45) is 0 Å². The SMILES string of the molecule is [C-]#[N+]c1cccc(-n2c3ccccc3c3cc(-c4cc(C)cc(C)c4)ccc32)c1-c1cc(-c2ccc(C#N)cc2C)ccc1-n1c2ccccc2c2cc(-c3cc(C)cc(C)c3)ccc21. The summed E-state index contributed by atoms with van der Waals surface area (Å²) in [6.45, 7) is 19.4. The third kappa shape index (κ3) is 6.59. The second-order valence-electron chi connectivity index (χ2n) is 17.6. The Morgan fingerprint density at radius 3 is 1.48 bits per heavy atom. The summed E-state index contributed by atoms with van der Waals surface area (Å²) in [5.74, 6) is 0. The van der Waals surface area contributed by atoms with E-state index < -0.39 is 0 Å². The van der Waals surface area contributed by atoms with Crippen LogP contribution in [0.15, 0.2) is 176 Å². The molecule has 4 nitrogen and oxygen atoms in total. The molecule has 11 aromatic rings. The van der Waals surface area contributed by atoms with Crippen LogP contribution in [-0.4, -0.2) is 9.13 Å². The van der Waals surface area contributed by atoms with Gasteiger partial charge >= 0.3 is 0 Å². The molecule has 0 unspecified atom stereocenters. The molecule has 0 fully saturated rings. The van der Waals surface area contributed by atoms with Crippen molar-refractivity contribution in [3.63, 3.8) is 0 Å². The highest BCUT2D eigenvalue weighted by Crippen LogP contribution is 2.47. The van der Waals surface area contributed by atoms with Gasteiger partial charge in [-0.2, -0.15) is 5.26 Å². The number of hydrogen-bond acceptors (Lipinski definition) is 1. The maximum absolute atomic E-state index is 9.78. The molecular weight excluding hydrogens is 789 g/mol. The Kier molecular flexibility index (Phi) is 9.35. The molecule has 0 aliphatic rings. The van der Waals surface area contributed by atoms with E-state index in [9.17, 15) is 5.26 Å². The number of rotatable bonds is 6. The van der Waals surface area contributed by atoms with E-state index in [4.69, 9.17) is 6.57 Å². The zero-order valence-electron chi connectivity index (χ0n) is 37.0. The van der Waals surface area contributed by atoms with Gasteiger partial charge in [-0.1, -0.05) is 131 Å². The van der Waals surface area contributed by atoms with Crippen molar-refractivity contribution < 1.29 is 0 Å². The summed E-state index contributed by atoms with van der Waals surface area (Å²) in [5.41, 5.74) is 21.9. The molecule has 0 amide bonds. The summed E-state index contributed by atoms with van der Waals surface area (Å²) in [4.78, 5) is 4.29. The van der Waals surface area contributed by atoms with Gasteiger partial charge in [0.25, 0.3) is 0 Å². The molecule has 0 atom stereocenters. The Balaban J connectivity index is 1.22. The molecule has 0 spiro atoms. The third-order valence-electron chi connectivity index (χ3n) is 13.0. The summed E-state index contributed by atoms with van der Waals surface area (Å²) < 4.78 is 4.73. The number of aryl methyl sites for hydroxylation is 5. The zero-order chi connectivity index (χ0) is 44.5. The Morgan fingerprint density at radius 2 is 0.938 bits per heavy atom. The van der Waals surface area contributed by atoms with Crippen LogP contribution in [-0.2, 0) is 0 Å². The van der Waals surface area contributed by atoms with E-state index in [1.165, 1.54) is 44.5 Å². The van der Waals surface area contributed by atoms with Crippen molar-refractivity contribution in [3.8, 4) is 62.0 Å². The van der Waals surface area contributed by atoms with Crippen LogP contribution in [0.25, 0.3) is 104 Å².